The Labute approximate surface area is 170 Å². The molecular formula is C24H36N2O2. The summed E-state index contributed by atoms with van der Waals surface area (Å²) in [6.45, 7) is 8.76. The van der Waals surface area contributed by atoms with Crippen molar-refractivity contribution in [3.05, 3.63) is 48.5 Å². The Morgan fingerprint density at radius 1 is 0.821 bits per heavy atom. The van der Waals surface area contributed by atoms with E-state index in [0.29, 0.717) is 0 Å². The molecule has 0 aliphatic rings. The topological polar surface area (TPSA) is 42.5 Å². The van der Waals surface area contributed by atoms with E-state index in [-0.39, 0.29) is 6.10 Å². The fourth-order valence-electron chi connectivity index (χ4n) is 2.94. The lowest BCUT2D eigenvalue weighted by Crippen LogP contribution is -2.15. The van der Waals surface area contributed by atoms with E-state index in [1.165, 1.54) is 25.7 Å². The van der Waals surface area contributed by atoms with Crippen molar-refractivity contribution in [1.29, 1.82) is 0 Å². The first-order valence-electron chi connectivity index (χ1n) is 10.7. The molecule has 154 valence electrons. The van der Waals surface area contributed by atoms with E-state index in [0.717, 1.165) is 49.0 Å². The Kier molecular flexibility index (Phi) is 10.1. The molecule has 2 aromatic rings. The molecule has 0 aliphatic heterocycles. The molecule has 0 unspecified atom stereocenters. The van der Waals surface area contributed by atoms with Crippen LogP contribution >= 0.6 is 0 Å². The Balaban J connectivity index is 1.66. The highest BCUT2D eigenvalue weighted by molar-refractivity contribution is 5.56. The van der Waals surface area contributed by atoms with Crippen molar-refractivity contribution in [2.24, 2.45) is 0 Å². The summed E-state index contributed by atoms with van der Waals surface area (Å²) in [5.41, 5.74) is 2.13. The van der Waals surface area contributed by atoms with Crippen LogP contribution in [0.3, 0.4) is 0 Å². The molecule has 0 amide bonds. The Morgan fingerprint density at radius 2 is 1.54 bits per heavy atom. The smallest absolute Gasteiger partial charge is 0.142 e. The molecule has 4 nitrogen and oxygen atoms in total. The molecule has 0 radical (unpaired) electrons. The largest absolute Gasteiger partial charge is 0.494 e. The zero-order valence-corrected chi connectivity index (χ0v) is 17.7. The summed E-state index contributed by atoms with van der Waals surface area (Å²) in [4.78, 5) is 0. The number of nitrogens with one attached hydrogen (secondary N) is 2. The molecule has 0 heterocycles. The minimum Gasteiger partial charge on any atom is -0.494 e. The van der Waals surface area contributed by atoms with Gasteiger partial charge in [0.15, 0.2) is 0 Å². The SMILES string of the molecule is CCCCCCCOc1ccc(NCCNc2ccccc2OC(C)C)cc1. The summed E-state index contributed by atoms with van der Waals surface area (Å²) in [6.07, 6.45) is 6.47. The molecule has 2 rings (SSSR count). The third-order valence-electron chi connectivity index (χ3n) is 4.39. The van der Waals surface area contributed by atoms with E-state index in [4.69, 9.17) is 9.47 Å². The van der Waals surface area contributed by atoms with Crippen molar-refractivity contribution in [2.75, 3.05) is 30.3 Å². The van der Waals surface area contributed by atoms with Gasteiger partial charge in [-0.15, -0.1) is 0 Å². The average molecular weight is 385 g/mol. The summed E-state index contributed by atoms with van der Waals surface area (Å²) in [5, 5.41) is 6.87. The van der Waals surface area contributed by atoms with Crippen LogP contribution in [0.1, 0.15) is 52.9 Å². The van der Waals surface area contributed by atoms with E-state index < -0.39 is 0 Å². The number of para-hydroxylation sites is 2. The molecule has 28 heavy (non-hydrogen) atoms. The first kappa shape index (κ1) is 21.9. The van der Waals surface area contributed by atoms with Crippen LogP contribution in [-0.2, 0) is 0 Å². The highest BCUT2D eigenvalue weighted by Crippen LogP contribution is 2.24. The van der Waals surface area contributed by atoms with Gasteiger partial charge in [0.05, 0.1) is 18.4 Å². The van der Waals surface area contributed by atoms with Crippen LogP contribution in [0.4, 0.5) is 11.4 Å². The summed E-state index contributed by atoms with van der Waals surface area (Å²) in [6, 6.07) is 16.3. The van der Waals surface area contributed by atoms with E-state index >= 15 is 0 Å². The van der Waals surface area contributed by atoms with Gasteiger partial charge in [0.25, 0.3) is 0 Å². The van der Waals surface area contributed by atoms with Gasteiger partial charge in [-0.25, -0.2) is 0 Å². The van der Waals surface area contributed by atoms with Crippen molar-refractivity contribution >= 4 is 11.4 Å². The van der Waals surface area contributed by atoms with Gasteiger partial charge in [-0.05, 0) is 56.7 Å². The summed E-state index contributed by atoms with van der Waals surface area (Å²) in [7, 11) is 0. The third kappa shape index (κ3) is 8.55. The number of hydrogen-bond donors (Lipinski definition) is 2. The second kappa shape index (κ2) is 12.9. The average Bonchev–Trinajstić information content (AvgIpc) is 2.70. The maximum absolute atomic E-state index is 5.84. The normalized spacial score (nSPS) is 10.7. The number of rotatable bonds is 14. The number of benzene rings is 2. The highest BCUT2D eigenvalue weighted by atomic mass is 16.5. The number of ether oxygens (including phenoxy) is 2. The van der Waals surface area contributed by atoms with Gasteiger partial charge in [0.2, 0.25) is 0 Å². The Hall–Kier alpha value is -2.36. The molecule has 0 aliphatic carbocycles. The fourth-order valence-corrected chi connectivity index (χ4v) is 2.94. The van der Waals surface area contributed by atoms with Gasteiger partial charge in [-0.2, -0.15) is 0 Å². The monoisotopic (exact) mass is 384 g/mol. The van der Waals surface area contributed by atoms with Crippen LogP contribution in [0.2, 0.25) is 0 Å². The van der Waals surface area contributed by atoms with Crippen molar-refractivity contribution in [3.8, 4) is 11.5 Å². The highest BCUT2D eigenvalue weighted by Gasteiger charge is 2.04. The molecule has 0 saturated heterocycles. The molecule has 2 aromatic carbocycles. The molecule has 2 N–H and O–H groups in total. The molecule has 0 bridgehead atoms. The molecule has 0 fully saturated rings. The van der Waals surface area contributed by atoms with Crippen LogP contribution in [0.15, 0.2) is 48.5 Å². The van der Waals surface area contributed by atoms with Gasteiger partial charge < -0.3 is 20.1 Å². The molecule has 0 saturated carbocycles. The summed E-state index contributed by atoms with van der Waals surface area (Å²) < 4.78 is 11.7. The first-order chi connectivity index (χ1) is 13.7. The van der Waals surface area contributed by atoms with E-state index in [1.54, 1.807) is 0 Å². The van der Waals surface area contributed by atoms with E-state index in [9.17, 15) is 0 Å². The maximum atomic E-state index is 5.84. The van der Waals surface area contributed by atoms with Gasteiger partial charge in [0.1, 0.15) is 11.5 Å². The minimum atomic E-state index is 0.165. The van der Waals surface area contributed by atoms with Crippen LogP contribution in [0.5, 0.6) is 11.5 Å². The van der Waals surface area contributed by atoms with Crippen molar-refractivity contribution < 1.29 is 9.47 Å². The maximum Gasteiger partial charge on any atom is 0.142 e. The lowest BCUT2D eigenvalue weighted by Gasteiger charge is -2.16. The quantitative estimate of drug-likeness (QED) is 0.373. The predicted octanol–water partition coefficient (Wildman–Crippen LogP) is 6.35. The van der Waals surface area contributed by atoms with Crippen LogP contribution < -0.4 is 20.1 Å². The van der Waals surface area contributed by atoms with E-state index in [2.05, 4.69) is 29.7 Å². The van der Waals surface area contributed by atoms with Crippen molar-refractivity contribution in [2.45, 2.75) is 59.0 Å². The van der Waals surface area contributed by atoms with Crippen molar-refractivity contribution in [1.82, 2.24) is 0 Å². The number of unbranched alkanes of at least 4 members (excludes halogenated alkanes) is 4. The van der Waals surface area contributed by atoms with Crippen LogP contribution in [0, 0.1) is 0 Å². The van der Waals surface area contributed by atoms with Crippen molar-refractivity contribution in [3.63, 3.8) is 0 Å². The number of hydrogen-bond acceptors (Lipinski definition) is 4. The van der Waals surface area contributed by atoms with Gasteiger partial charge in [0, 0.05) is 18.8 Å². The Bertz CT molecular complexity index is 656. The van der Waals surface area contributed by atoms with Gasteiger partial charge in [-0.3, -0.25) is 0 Å². The zero-order chi connectivity index (χ0) is 20.0. The fraction of sp³-hybridized carbons (Fsp3) is 0.500. The Morgan fingerprint density at radius 3 is 2.29 bits per heavy atom. The molecule has 0 atom stereocenters. The van der Waals surface area contributed by atoms with Gasteiger partial charge in [-0.1, -0.05) is 44.7 Å². The number of anilines is 2. The predicted molar refractivity (Wildman–Crippen MR) is 120 cm³/mol. The minimum absolute atomic E-state index is 0.165. The first-order valence-corrected chi connectivity index (χ1v) is 10.7. The van der Waals surface area contributed by atoms with Gasteiger partial charge >= 0.3 is 0 Å². The lowest BCUT2D eigenvalue weighted by molar-refractivity contribution is 0.243. The van der Waals surface area contributed by atoms with Crippen LogP contribution in [0.25, 0.3) is 0 Å². The molecular weight excluding hydrogens is 348 g/mol. The third-order valence-corrected chi connectivity index (χ3v) is 4.39. The lowest BCUT2D eigenvalue weighted by atomic mass is 10.2. The van der Waals surface area contributed by atoms with Crippen LogP contribution in [-0.4, -0.2) is 25.8 Å². The van der Waals surface area contributed by atoms with E-state index in [1.807, 2.05) is 50.2 Å². The standard InChI is InChI=1S/C24H36N2O2/c1-4-5-6-7-10-19-27-22-15-13-21(14-16-22)25-17-18-26-23-11-8-9-12-24(23)28-20(2)3/h8-9,11-16,20,25-26H,4-7,10,17-19H2,1-3H3. The molecule has 4 heteroatoms. The molecule has 0 spiro atoms. The molecule has 0 aromatic heterocycles. The summed E-state index contributed by atoms with van der Waals surface area (Å²) >= 11 is 0. The zero-order valence-electron chi connectivity index (χ0n) is 17.7. The second-order valence-electron chi connectivity index (χ2n) is 7.30. The second-order valence-corrected chi connectivity index (χ2v) is 7.30. The summed E-state index contributed by atoms with van der Waals surface area (Å²) in [5.74, 6) is 1.84.